The predicted molar refractivity (Wildman–Crippen MR) is 87.4 cm³/mol. The lowest BCUT2D eigenvalue weighted by Gasteiger charge is -2.38. The highest BCUT2D eigenvalue weighted by Crippen LogP contribution is 2.49. The zero-order valence-corrected chi connectivity index (χ0v) is 13.4. The Morgan fingerprint density at radius 1 is 0.900 bits per heavy atom. The number of nitrogens with one attached hydrogen (secondary N) is 1. The minimum atomic E-state index is 0.696. The third-order valence-corrected chi connectivity index (χ3v) is 5.74. The third kappa shape index (κ3) is 2.73. The second kappa shape index (κ2) is 5.42. The van der Waals surface area contributed by atoms with E-state index in [0.29, 0.717) is 6.04 Å². The predicted octanol–water partition coefficient (Wildman–Crippen LogP) is 5.53. The van der Waals surface area contributed by atoms with Crippen molar-refractivity contribution in [1.29, 1.82) is 0 Å². The van der Waals surface area contributed by atoms with E-state index in [0.717, 1.165) is 5.41 Å². The van der Waals surface area contributed by atoms with Crippen molar-refractivity contribution >= 4 is 5.69 Å². The van der Waals surface area contributed by atoms with Crippen LogP contribution in [0.15, 0.2) is 12.1 Å². The van der Waals surface area contributed by atoms with E-state index in [1.54, 1.807) is 0 Å². The van der Waals surface area contributed by atoms with E-state index in [1.165, 1.54) is 73.7 Å². The minimum Gasteiger partial charge on any atom is -0.382 e. The highest BCUT2D eigenvalue weighted by atomic mass is 14.9. The van der Waals surface area contributed by atoms with Crippen molar-refractivity contribution in [3.8, 4) is 0 Å². The number of anilines is 1. The van der Waals surface area contributed by atoms with Gasteiger partial charge in [0, 0.05) is 11.7 Å². The first kappa shape index (κ1) is 14.0. The summed E-state index contributed by atoms with van der Waals surface area (Å²) in [4.78, 5) is 0. The molecule has 3 rings (SSSR count). The van der Waals surface area contributed by atoms with Crippen LogP contribution in [0.1, 0.15) is 68.1 Å². The largest absolute Gasteiger partial charge is 0.382 e. The average Bonchev–Trinajstić information content (AvgIpc) is 2.85. The fourth-order valence-electron chi connectivity index (χ4n) is 4.61. The molecule has 0 aliphatic heterocycles. The molecule has 20 heavy (non-hydrogen) atoms. The second-order valence-corrected chi connectivity index (χ2v) is 7.40. The summed E-state index contributed by atoms with van der Waals surface area (Å²) in [6.07, 6.45) is 11.6. The molecule has 110 valence electrons. The SMILES string of the molecule is Cc1cc(C)c(NC2CCC3(CCCC3)CC2)c(C)c1. The van der Waals surface area contributed by atoms with Gasteiger partial charge in [0.1, 0.15) is 0 Å². The van der Waals surface area contributed by atoms with Gasteiger partial charge in [-0.3, -0.25) is 0 Å². The van der Waals surface area contributed by atoms with Gasteiger partial charge in [0.15, 0.2) is 0 Å². The molecular formula is C19H29N. The third-order valence-electron chi connectivity index (χ3n) is 5.74. The first-order chi connectivity index (χ1) is 9.58. The van der Waals surface area contributed by atoms with E-state index in [9.17, 15) is 0 Å². The maximum atomic E-state index is 3.85. The van der Waals surface area contributed by atoms with Crippen LogP contribution in [0.4, 0.5) is 5.69 Å². The highest BCUT2D eigenvalue weighted by Gasteiger charge is 2.37. The van der Waals surface area contributed by atoms with E-state index < -0.39 is 0 Å². The number of hydrogen-bond acceptors (Lipinski definition) is 1. The van der Waals surface area contributed by atoms with Crippen LogP contribution >= 0.6 is 0 Å². The molecule has 0 aromatic heterocycles. The molecule has 1 nitrogen and oxygen atoms in total. The van der Waals surface area contributed by atoms with Crippen LogP contribution in [0.25, 0.3) is 0 Å². The van der Waals surface area contributed by atoms with Crippen LogP contribution in [0.2, 0.25) is 0 Å². The molecule has 0 heterocycles. The molecule has 1 heteroatoms. The first-order valence-electron chi connectivity index (χ1n) is 8.42. The normalized spacial score (nSPS) is 22.4. The van der Waals surface area contributed by atoms with Crippen molar-refractivity contribution < 1.29 is 0 Å². The summed E-state index contributed by atoms with van der Waals surface area (Å²) in [6.45, 7) is 6.67. The Bertz CT molecular complexity index is 450. The topological polar surface area (TPSA) is 12.0 Å². The lowest BCUT2D eigenvalue weighted by atomic mass is 9.71. The van der Waals surface area contributed by atoms with Crippen molar-refractivity contribution in [3.05, 3.63) is 28.8 Å². The van der Waals surface area contributed by atoms with Crippen LogP contribution in [-0.4, -0.2) is 6.04 Å². The molecule has 0 atom stereocenters. The molecule has 0 amide bonds. The minimum absolute atomic E-state index is 0.696. The Hall–Kier alpha value is -0.980. The van der Waals surface area contributed by atoms with Crippen molar-refractivity contribution in [3.63, 3.8) is 0 Å². The molecule has 0 saturated heterocycles. The van der Waals surface area contributed by atoms with Gasteiger partial charge in [-0.2, -0.15) is 0 Å². The Morgan fingerprint density at radius 2 is 1.45 bits per heavy atom. The van der Waals surface area contributed by atoms with Crippen LogP contribution in [0, 0.1) is 26.2 Å². The fourth-order valence-corrected chi connectivity index (χ4v) is 4.61. The lowest BCUT2D eigenvalue weighted by Crippen LogP contribution is -2.32. The number of rotatable bonds is 2. The molecule has 1 spiro atoms. The summed E-state index contributed by atoms with van der Waals surface area (Å²) in [5, 5.41) is 3.85. The summed E-state index contributed by atoms with van der Waals surface area (Å²) in [5.41, 5.74) is 6.32. The van der Waals surface area contributed by atoms with Crippen molar-refractivity contribution in [2.75, 3.05) is 5.32 Å². The van der Waals surface area contributed by atoms with E-state index in [2.05, 4.69) is 38.2 Å². The van der Waals surface area contributed by atoms with Crippen LogP contribution in [0.5, 0.6) is 0 Å². The van der Waals surface area contributed by atoms with Crippen molar-refractivity contribution in [2.24, 2.45) is 5.41 Å². The van der Waals surface area contributed by atoms with Crippen molar-refractivity contribution in [1.82, 2.24) is 0 Å². The van der Waals surface area contributed by atoms with Gasteiger partial charge in [0.25, 0.3) is 0 Å². The first-order valence-corrected chi connectivity index (χ1v) is 8.42. The molecule has 0 unspecified atom stereocenters. The lowest BCUT2D eigenvalue weighted by molar-refractivity contribution is 0.188. The van der Waals surface area contributed by atoms with Gasteiger partial charge in [-0.25, -0.2) is 0 Å². The summed E-state index contributed by atoms with van der Waals surface area (Å²) in [5.74, 6) is 0. The van der Waals surface area contributed by atoms with E-state index >= 15 is 0 Å². The smallest absolute Gasteiger partial charge is 0.0401 e. The zero-order chi connectivity index (χ0) is 14.2. The van der Waals surface area contributed by atoms with Gasteiger partial charge < -0.3 is 5.32 Å². The Balaban J connectivity index is 1.65. The van der Waals surface area contributed by atoms with Gasteiger partial charge >= 0.3 is 0 Å². The Morgan fingerprint density at radius 3 is 2.00 bits per heavy atom. The summed E-state index contributed by atoms with van der Waals surface area (Å²) < 4.78 is 0. The summed E-state index contributed by atoms with van der Waals surface area (Å²) in [7, 11) is 0. The molecule has 0 bridgehead atoms. The molecule has 1 N–H and O–H groups in total. The summed E-state index contributed by atoms with van der Waals surface area (Å²) in [6, 6.07) is 5.30. The molecule has 2 fully saturated rings. The van der Waals surface area contributed by atoms with Gasteiger partial charge in [-0.15, -0.1) is 0 Å². The molecule has 2 saturated carbocycles. The summed E-state index contributed by atoms with van der Waals surface area (Å²) >= 11 is 0. The molecular weight excluding hydrogens is 242 g/mol. The Kier molecular flexibility index (Phi) is 3.79. The maximum Gasteiger partial charge on any atom is 0.0401 e. The Labute approximate surface area is 124 Å². The zero-order valence-electron chi connectivity index (χ0n) is 13.4. The van der Waals surface area contributed by atoms with Gasteiger partial charge in [-0.1, -0.05) is 30.5 Å². The fraction of sp³-hybridized carbons (Fsp3) is 0.684. The maximum absolute atomic E-state index is 3.85. The van der Waals surface area contributed by atoms with Crippen LogP contribution in [0.3, 0.4) is 0 Å². The highest BCUT2D eigenvalue weighted by molar-refractivity contribution is 5.58. The molecule has 1 aromatic carbocycles. The second-order valence-electron chi connectivity index (χ2n) is 7.40. The van der Waals surface area contributed by atoms with Gasteiger partial charge in [0.05, 0.1) is 0 Å². The number of benzene rings is 1. The van der Waals surface area contributed by atoms with Crippen molar-refractivity contribution in [2.45, 2.75) is 78.2 Å². The van der Waals surface area contributed by atoms with Gasteiger partial charge in [0.2, 0.25) is 0 Å². The standard InChI is InChI=1S/C19H29N/c1-14-12-15(2)18(16(3)13-14)20-17-6-10-19(11-7-17)8-4-5-9-19/h12-13,17,20H,4-11H2,1-3H3. The molecule has 0 radical (unpaired) electrons. The number of aryl methyl sites for hydroxylation is 3. The van der Waals surface area contributed by atoms with E-state index in [1.807, 2.05) is 0 Å². The van der Waals surface area contributed by atoms with E-state index in [4.69, 9.17) is 0 Å². The van der Waals surface area contributed by atoms with Crippen LogP contribution in [-0.2, 0) is 0 Å². The number of hydrogen-bond donors (Lipinski definition) is 1. The van der Waals surface area contributed by atoms with Gasteiger partial charge in [-0.05, 0) is 75.8 Å². The quantitative estimate of drug-likeness (QED) is 0.746. The monoisotopic (exact) mass is 271 g/mol. The van der Waals surface area contributed by atoms with E-state index in [-0.39, 0.29) is 0 Å². The molecule has 1 aromatic rings. The molecule has 2 aliphatic carbocycles. The average molecular weight is 271 g/mol. The molecule has 2 aliphatic rings. The van der Waals surface area contributed by atoms with Crippen LogP contribution < -0.4 is 5.32 Å².